The van der Waals surface area contributed by atoms with Crippen molar-refractivity contribution in [2.45, 2.75) is 46.1 Å². The predicted octanol–water partition coefficient (Wildman–Crippen LogP) is 4.37. The van der Waals surface area contributed by atoms with Crippen LogP contribution in [0.1, 0.15) is 43.1 Å². The normalized spacial score (nSPS) is 11.6. The van der Waals surface area contributed by atoms with Crippen LogP contribution in [0.3, 0.4) is 0 Å². The van der Waals surface area contributed by atoms with Gasteiger partial charge in [0.1, 0.15) is 5.01 Å². The van der Waals surface area contributed by atoms with Gasteiger partial charge in [-0.2, -0.15) is 0 Å². The molecule has 0 atom stereocenters. The van der Waals surface area contributed by atoms with Crippen LogP contribution in [0.2, 0.25) is 0 Å². The number of methoxy groups -OCH3 is 2. The second-order valence-corrected chi connectivity index (χ2v) is 8.28. The van der Waals surface area contributed by atoms with E-state index in [-0.39, 0.29) is 29.4 Å². The predicted molar refractivity (Wildman–Crippen MR) is 132 cm³/mol. The fourth-order valence-corrected chi connectivity index (χ4v) is 3.52. The number of guanidine groups is 1. The maximum absolute atomic E-state index is 5.45. The molecule has 2 N–H and O–H groups in total. The maximum Gasteiger partial charge on any atom is 0.191 e. The van der Waals surface area contributed by atoms with Gasteiger partial charge >= 0.3 is 0 Å². The zero-order valence-corrected chi connectivity index (χ0v) is 21.3. The minimum Gasteiger partial charge on any atom is -0.493 e. The number of rotatable bonds is 9. The Kier molecular flexibility index (Phi) is 10.7. The molecule has 0 aliphatic rings. The molecule has 8 heteroatoms. The van der Waals surface area contributed by atoms with Crippen LogP contribution in [-0.2, 0) is 18.4 Å². The van der Waals surface area contributed by atoms with E-state index in [4.69, 9.17) is 9.47 Å². The Labute approximate surface area is 195 Å². The zero-order valence-electron chi connectivity index (χ0n) is 18.2. The van der Waals surface area contributed by atoms with Crippen LogP contribution in [0.4, 0.5) is 0 Å². The van der Waals surface area contributed by atoms with Gasteiger partial charge in [0.2, 0.25) is 0 Å². The van der Waals surface area contributed by atoms with Gasteiger partial charge in [-0.05, 0) is 31.0 Å². The number of nitrogens with zero attached hydrogens (tertiary/aromatic N) is 2. The number of aromatic nitrogens is 1. The van der Waals surface area contributed by atoms with E-state index < -0.39 is 0 Å². The van der Waals surface area contributed by atoms with Crippen LogP contribution >= 0.6 is 35.3 Å². The van der Waals surface area contributed by atoms with Crippen LogP contribution < -0.4 is 20.1 Å². The number of nitrogens with one attached hydrogen (secondary N) is 2. The number of halogens is 1. The van der Waals surface area contributed by atoms with Crippen LogP contribution in [0.15, 0.2) is 29.4 Å². The van der Waals surface area contributed by atoms with Crippen molar-refractivity contribution in [2.75, 3.05) is 27.3 Å². The van der Waals surface area contributed by atoms with E-state index in [1.54, 1.807) is 25.6 Å². The first-order valence-electron chi connectivity index (χ1n) is 9.61. The Balaban J connectivity index is 0.00000420. The van der Waals surface area contributed by atoms with E-state index in [9.17, 15) is 0 Å². The smallest absolute Gasteiger partial charge is 0.191 e. The van der Waals surface area contributed by atoms with Gasteiger partial charge < -0.3 is 20.1 Å². The lowest BCUT2D eigenvalue weighted by atomic mass is 9.84. The Morgan fingerprint density at radius 3 is 2.45 bits per heavy atom. The number of ether oxygens (including phenoxy) is 2. The van der Waals surface area contributed by atoms with Crippen molar-refractivity contribution in [2.24, 2.45) is 4.99 Å². The maximum atomic E-state index is 5.45. The Morgan fingerprint density at radius 1 is 1.14 bits per heavy atom. The SMILES string of the molecule is CCNC(=NCc1ncc(CC)s1)NCC(C)(C)c1ccc(OC)c(OC)c1.I. The summed E-state index contributed by atoms with van der Waals surface area (Å²) in [6.07, 6.45) is 2.95. The molecule has 0 amide bonds. The summed E-state index contributed by atoms with van der Waals surface area (Å²) < 4.78 is 10.8. The standard InChI is InChI=1S/C21H32N4O2S.HI/c1-7-16-12-23-19(28-16)13-24-20(22-8-2)25-14-21(3,4)15-9-10-17(26-5)18(11-15)27-6;/h9-12H,7-8,13-14H2,1-6H3,(H2,22,24,25);1H. The molecule has 29 heavy (non-hydrogen) atoms. The highest BCUT2D eigenvalue weighted by molar-refractivity contribution is 14.0. The van der Waals surface area contributed by atoms with Gasteiger partial charge in [-0.1, -0.05) is 26.8 Å². The highest BCUT2D eigenvalue weighted by Gasteiger charge is 2.22. The van der Waals surface area contributed by atoms with Gasteiger partial charge in [0.15, 0.2) is 17.5 Å². The minimum atomic E-state index is -0.119. The van der Waals surface area contributed by atoms with E-state index in [0.29, 0.717) is 6.54 Å². The molecule has 0 bridgehead atoms. The quantitative estimate of drug-likeness (QED) is 0.285. The van der Waals surface area contributed by atoms with Crippen LogP contribution in [-0.4, -0.2) is 38.3 Å². The van der Waals surface area contributed by atoms with Crippen molar-refractivity contribution in [3.05, 3.63) is 39.8 Å². The number of thiazole rings is 1. The lowest BCUT2D eigenvalue weighted by Gasteiger charge is -2.27. The topological polar surface area (TPSA) is 67.8 Å². The van der Waals surface area contributed by atoms with Crippen molar-refractivity contribution in [1.29, 1.82) is 0 Å². The lowest BCUT2D eigenvalue weighted by Crippen LogP contribution is -2.43. The third-order valence-corrected chi connectivity index (χ3v) is 5.66. The van der Waals surface area contributed by atoms with Crippen molar-refractivity contribution in [1.82, 2.24) is 15.6 Å². The Bertz CT molecular complexity index is 793. The molecular weight excluding hydrogens is 499 g/mol. The molecule has 0 radical (unpaired) electrons. The molecule has 2 aromatic rings. The molecule has 2 rings (SSSR count). The van der Waals surface area contributed by atoms with Crippen LogP contribution in [0.25, 0.3) is 0 Å². The lowest BCUT2D eigenvalue weighted by molar-refractivity contribution is 0.353. The summed E-state index contributed by atoms with van der Waals surface area (Å²) in [4.78, 5) is 10.4. The van der Waals surface area contributed by atoms with E-state index in [1.807, 2.05) is 18.3 Å². The monoisotopic (exact) mass is 532 g/mol. The third kappa shape index (κ3) is 7.33. The first kappa shape index (κ1) is 25.5. The molecular formula is C21H33IN4O2S. The van der Waals surface area contributed by atoms with Gasteiger partial charge in [0.25, 0.3) is 0 Å². The Morgan fingerprint density at radius 2 is 1.86 bits per heavy atom. The van der Waals surface area contributed by atoms with Crippen molar-refractivity contribution >= 4 is 41.3 Å². The minimum absolute atomic E-state index is 0. The molecule has 162 valence electrons. The second kappa shape index (κ2) is 12.2. The average molecular weight is 532 g/mol. The first-order valence-corrected chi connectivity index (χ1v) is 10.4. The molecule has 0 saturated heterocycles. The summed E-state index contributed by atoms with van der Waals surface area (Å²) in [5.74, 6) is 2.27. The van der Waals surface area contributed by atoms with Gasteiger partial charge in [-0.3, -0.25) is 0 Å². The van der Waals surface area contributed by atoms with Gasteiger partial charge in [0, 0.05) is 29.6 Å². The summed E-state index contributed by atoms with van der Waals surface area (Å²) in [6, 6.07) is 6.06. The number of hydrogen-bond donors (Lipinski definition) is 2. The number of hydrogen-bond acceptors (Lipinski definition) is 5. The number of aliphatic imine (C=N–C) groups is 1. The fraction of sp³-hybridized carbons (Fsp3) is 0.524. The highest BCUT2D eigenvalue weighted by atomic mass is 127. The van der Waals surface area contributed by atoms with Crippen molar-refractivity contribution in [3.63, 3.8) is 0 Å². The van der Waals surface area contributed by atoms with E-state index in [0.717, 1.165) is 42.0 Å². The van der Waals surface area contributed by atoms with Crippen LogP contribution in [0, 0.1) is 0 Å². The number of benzene rings is 1. The summed E-state index contributed by atoms with van der Waals surface area (Å²) in [7, 11) is 3.31. The third-order valence-electron chi connectivity index (χ3n) is 4.53. The molecule has 0 aliphatic carbocycles. The van der Waals surface area contributed by atoms with Gasteiger partial charge in [-0.15, -0.1) is 35.3 Å². The summed E-state index contributed by atoms with van der Waals surface area (Å²) in [5.41, 5.74) is 1.05. The molecule has 1 aromatic carbocycles. The van der Waals surface area contributed by atoms with E-state index in [2.05, 4.69) is 54.4 Å². The molecule has 0 spiro atoms. The fourth-order valence-electron chi connectivity index (χ4n) is 2.74. The number of aryl methyl sites for hydroxylation is 1. The Hall–Kier alpha value is -1.55. The van der Waals surface area contributed by atoms with Crippen molar-refractivity contribution < 1.29 is 9.47 Å². The molecule has 0 saturated carbocycles. The van der Waals surface area contributed by atoms with Crippen molar-refractivity contribution in [3.8, 4) is 11.5 Å². The molecule has 0 unspecified atom stereocenters. The van der Waals surface area contributed by atoms with E-state index >= 15 is 0 Å². The van der Waals surface area contributed by atoms with Gasteiger partial charge in [0.05, 0.1) is 20.8 Å². The molecule has 0 fully saturated rings. The molecule has 6 nitrogen and oxygen atoms in total. The second-order valence-electron chi connectivity index (χ2n) is 7.08. The summed E-state index contributed by atoms with van der Waals surface area (Å²) in [6.45, 7) is 10.7. The molecule has 0 aliphatic heterocycles. The van der Waals surface area contributed by atoms with Crippen LogP contribution in [0.5, 0.6) is 11.5 Å². The summed E-state index contributed by atoms with van der Waals surface area (Å²) >= 11 is 1.72. The first-order chi connectivity index (χ1) is 13.4. The summed E-state index contributed by atoms with van der Waals surface area (Å²) in [5, 5.41) is 7.81. The molecule has 1 heterocycles. The van der Waals surface area contributed by atoms with Gasteiger partial charge in [-0.25, -0.2) is 9.98 Å². The largest absolute Gasteiger partial charge is 0.493 e. The average Bonchev–Trinajstić information content (AvgIpc) is 3.17. The highest BCUT2D eigenvalue weighted by Crippen LogP contribution is 2.32. The molecule has 1 aromatic heterocycles. The zero-order chi connectivity index (χ0) is 20.6. The van der Waals surface area contributed by atoms with E-state index in [1.165, 1.54) is 10.4 Å².